The third-order valence-corrected chi connectivity index (χ3v) is 3.29. The summed E-state index contributed by atoms with van der Waals surface area (Å²) in [6.07, 6.45) is 0.509. The molecule has 0 bridgehead atoms. The van der Waals surface area contributed by atoms with Crippen molar-refractivity contribution >= 4 is 33.7 Å². The van der Waals surface area contributed by atoms with Gasteiger partial charge in [-0.1, -0.05) is 6.92 Å². The summed E-state index contributed by atoms with van der Waals surface area (Å²) in [5, 5.41) is 0.228. The summed E-state index contributed by atoms with van der Waals surface area (Å²) in [7, 11) is 0. The zero-order valence-electron chi connectivity index (χ0n) is 8.22. The molecule has 0 aliphatic heterocycles. The van der Waals surface area contributed by atoms with Gasteiger partial charge in [0.25, 0.3) is 5.56 Å². The Balaban J connectivity index is 3.15. The zero-order valence-corrected chi connectivity index (χ0v) is 10.4. The standard InChI is InChI=1S/C9H7IN2O4/c1-2-3-4-6(13)11-9(15)12-7(4)16-8(14)5(3)10/h2H2,1H3,(H2,11,12,13,15). The van der Waals surface area contributed by atoms with Gasteiger partial charge in [0, 0.05) is 0 Å². The predicted molar refractivity (Wildman–Crippen MR) is 65.8 cm³/mol. The van der Waals surface area contributed by atoms with E-state index in [1.165, 1.54) is 0 Å². The van der Waals surface area contributed by atoms with Crippen molar-refractivity contribution in [3.05, 3.63) is 40.4 Å². The molecule has 2 rings (SSSR count). The molecule has 0 amide bonds. The van der Waals surface area contributed by atoms with E-state index < -0.39 is 16.9 Å². The van der Waals surface area contributed by atoms with Crippen molar-refractivity contribution in [1.29, 1.82) is 0 Å². The monoisotopic (exact) mass is 334 g/mol. The number of hydrogen-bond donors (Lipinski definition) is 2. The van der Waals surface area contributed by atoms with Gasteiger partial charge < -0.3 is 4.42 Å². The number of H-pyrrole nitrogens is 2. The lowest BCUT2D eigenvalue weighted by Gasteiger charge is -2.03. The SMILES string of the molecule is CCc1c(I)c(=O)oc2[nH]c(=O)[nH]c(=O)c12. The molecule has 0 radical (unpaired) electrons. The van der Waals surface area contributed by atoms with Gasteiger partial charge in [-0.3, -0.25) is 14.8 Å². The lowest BCUT2D eigenvalue weighted by Crippen LogP contribution is -2.25. The van der Waals surface area contributed by atoms with E-state index in [9.17, 15) is 14.4 Å². The Morgan fingerprint density at radius 3 is 2.56 bits per heavy atom. The van der Waals surface area contributed by atoms with Gasteiger partial charge in [-0.05, 0) is 34.6 Å². The number of aromatic nitrogens is 2. The van der Waals surface area contributed by atoms with Crippen molar-refractivity contribution in [3.63, 3.8) is 0 Å². The van der Waals surface area contributed by atoms with Crippen molar-refractivity contribution < 1.29 is 4.42 Å². The van der Waals surface area contributed by atoms with E-state index in [4.69, 9.17) is 4.42 Å². The van der Waals surface area contributed by atoms with Crippen LogP contribution in [0, 0.1) is 3.57 Å². The van der Waals surface area contributed by atoms with Gasteiger partial charge in [-0.2, -0.15) is 0 Å². The number of halogens is 1. The van der Waals surface area contributed by atoms with Gasteiger partial charge in [0.05, 0.1) is 0 Å². The normalized spacial score (nSPS) is 10.9. The second-order valence-electron chi connectivity index (χ2n) is 3.15. The number of aryl methyl sites for hydroxylation is 1. The van der Waals surface area contributed by atoms with E-state index in [0.29, 0.717) is 15.6 Å². The topological polar surface area (TPSA) is 95.9 Å². The maximum absolute atomic E-state index is 11.6. The Morgan fingerprint density at radius 1 is 1.25 bits per heavy atom. The lowest BCUT2D eigenvalue weighted by atomic mass is 10.1. The molecular formula is C9H7IN2O4. The van der Waals surface area contributed by atoms with Gasteiger partial charge in [-0.25, -0.2) is 9.59 Å². The van der Waals surface area contributed by atoms with Crippen molar-refractivity contribution in [2.45, 2.75) is 13.3 Å². The largest absolute Gasteiger partial charge is 0.405 e. The van der Waals surface area contributed by atoms with Crippen LogP contribution in [0.3, 0.4) is 0 Å². The minimum atomic E-state index is -0.691. The molecule has 2 heterocycles. The van der Waals surface area contributed by atoms with Crippen molar-refractivity contribution in [2.24, 2.45) is 0 Å². The molecule has 0 fully saturated rings. The number of nitrogens with one attached hydrogen (secondary N) is 2. The number of aromatic amines is 2. The van der Waals surface area contributed by atoms with Crippen LogP contribution >= 0.6 is 22.6 Å². The third-order valence-electron chi connectivity index (χ3n) is 2.20. The molecule has 7 heteroatoms. The van der Waals surface area contributed by atoms with Crippen molar-refractivity contribution in [2.75, 3.05) is 0 Å². The maximum Gasteiger partial charge on any atom is 0.351 e. The Hall–Kier alpha value is -1.38. The predicted octanol–water partition coefficient (Wildman–Crippen LogP) is 0.337. The summed E-state index contributed by atoms with van der Waals surface area (Å²) in [5.74, 6) is 0. The minimum Gasteiger partial charge on any atom is -0.405 e. The van der Waals surface area contributed by atoms with Crippen LogP contribution in [-0.2, 0) is 6.42 Å². The summed E-state index contributed by atoms with van der Waals surface area (Å²) in [6.45, 7) is 1.82. The summed E-state index contributed by atoms with van der Waals surface area (Å²) < 4.78 is 5.22. The fourth-order valence-electron chi connectivity index (χ4n) is 1.52. The summed E-state index contributed by atoms with van der Waals surface area (Å²) in [4.78, 5) is 38.4. The van der Waals surface area contributed by atoms with E-state index in [2.05, 4.69) is 9.97 Å². The second kappa shape index (κ2) is 3.89. The summed E-state index contributed by atoms with van der Waals surface area (Å²) in [5.41, 5.74) is -1.27. The third kappa shape index (κ3) is 1.60. The molecule has 6 nitrogen and oxygen atoms in total. The van der Waals surface area contributed by atoms with Crippen LogP contribution in [0.2, 0.25) is 0 Å². The number of rotatable bonds is 1. The highest BCUT2D eigenvalue weighted by Gasteiger charge is 2.14. The summed E-state index contributed by atoms with van der Waals surface area (Å²) in [6, 6.07) is 0. The highest BCUT2D eigenvalue weighted by atomic mass is 127. The van der Waals surface area contributed by atoms with Crippen LogP contribution in [0.1, 0.15) is 12.5 Å². The lowest BCUT2D eigenvalue weighted by molar-refractivity contribution is 0.539. The quantitative estimate of drug-likeness (QED) is 0.735. The Kier molecular flexibility index (Phi) is 2.70. The van der Waals surface area contributed by atoms with E-state index in [1.54, 1.807) is 0 Å². The van der Waals surface area contributed by atoms with Gasteiger partial charge in [-0.15, -0.1) is 0 Å². The van der Waals surface area contributed by atoms with E-state index in [0.717, 1.165) is 0 Å². The molecule has 0 aliphatic carbocycles. The highest BCUT2D eigenvalue weighted by Crippen LogP contribution is 2.15. The molecule has 16 heavy (non-hydrogen) atoms. The van der Waals surface area contributed by atoms with Crippen LogP contribution < -0.4 is 16.9 Å². The molecular weight excluding hydrogens is 327 g/mol. The van der Waals surface area contributed by atoms with Crippen LogP contribution in [0.15, 0.2) is 18.8 Å². The number of fused-ring (bicyclic) bond motifs is 1. The molecule has 0 atom stereocenters. The van der Waals surface area contributed by atoms with Gasteiger partial charge in [0.1, 0.15) is 8.96 Å². The first kappa shape index (κ1) is 11.1. The molecule has 0 saturated carbocycles. The molecule has 2 aromatic heterocycles. The van der Waals surface area contributed by atoms with Crippen molar-refractivity contribution in [3.8, 4) is 0 Å². The van der Waals surface area contributed by atoms with E-state index in [1.807, 2.05) is 29.5 Å². The molecule has 0 saturated heterocycles. The molecule has 0 unspecified atom stereocenters. The van der Waals surface area contributed by atoms with Crippen LogP contribution in [0.4, 0.5) is 0 Å². The van der Waals surface area contributed by atoms with Crippen LogP contribution in [0.5, 0.6) is 0 Å². The first-order chi connectivity index (χ1) is 7.54. The van der Waals surface area contributed by atoms with Crippen LogP contribution in [-0.4, -0.2) is 9.97 Å². The van der Waals surface area contributed by atoms with Gasteiger partial charge in [0.15, 0.2) is 0 Å². The molecule has 84 valence electrons. The Morgan fingerprint density at radius 2 is 1.94 bits per heavy atom. The van der Waals surface area contributed by atoms with Crippen molar-refractivity contribution in [1.82, 2.24) is 9.97 Å². The molecule has 2 N–H and O–H groups in total. The highest BCUT2D eigenvalue weighted by molar-refractivity contribution is 14.1. The fourth-order valence-corrected chi connectivity index (χ4v) is 2.28. The second-order valence-corrected chi connectivity index (χ2v) is 4.23. The molecule has 0 aliphatic rings. The van der Waals surface area contributed by atoms with Gasteiger partial charge in [0.2, 0.25) is 5.71 Å². The smallest absolute Gasteiger partial charge is 0.351 e. The average Bonchev–Trinajstić information content (AvgIpc) is 2.20. The Bertz CT molecular complexity index is 725. The van der Waals surface area contributed by atoms with E-state index >= 15 is 0 Å². The fraction of sp³-hybridized carbons (Fsp3) is 0.222. The molecule has 2 aromatic rings. The van der Waals surface area contributed by atoms with Crippen LogP contribution in [0.25, 0.3) is 11.1 Å². The molecule has 0 aromatic carbocycles. The first-order valence-corrected chi connectivity index (χ1v) is 5.60. The zero-order chi connectivity index (χ0) is 11.9. The average molecular weight is 334 g/mol. The first-order valence-electron chi connectivity index (χ1n) is 4.52. The van der Waals surface area contributed by atoms with E-state index in [-0.39, 0.29) is 11.1 Å². The van der Waals surface area contributed by atoms with Gasteiger partial charge >= 0.3 is 11.3 Å². The summed E-state index contributed by atoms with van der Waals surface area (Å²) >= 11 is 1.83. The Labute approximate surface area is 102 Å². The number of hydrogen-bond acceptors (Lipinski definition) is 4. The minimum absolute atomic E-state index is 0.0731. The molecule has 0 spiro atoms. The maximum atomic E-state index is 11.6.